The highest BCUT2D eigenvalue weighted by Crippen LogP contribution is 2.22. The Bertz CT molecular complexity index is 981. The van der Waals surface area contributed by atoms with Gasteiger partial charge in [0.15, 0.2) is 0 Å². The molecule has 0 saturated carbocycles. The molecule has 1 N–H and O–H groups in total. The van der Waals surface area contributed by atoms with E-state index in [1.165, 1.54) is 0 Å². The molecular weight excluding hydrogens is 423 g/mol. The number of likely N-dealkylation sites (tertiary alicyclic amines) is 1. The molecule has 0 spiro atoms. The molecule has 0 atom stereocenters. The molecule has 156 valence electrons. The maximum Gasteiger partial charge on any atom is 0.241 e. The van der Waals surface area contributed by atoms with Gasteiger partial charge in [0, 0.05) is 28.1 Å². The SMILES string of the molecule is O=C(NCc1ccc(Cl)cc1)C1CCN(Cc2nc(-c3ccc(Cl)cc3)no2)CC1. The molecule has 1 fully saturated rings. The maximum absolute atomic E-state index is 12.5. The van der Waals surface area contributed by atoms with Gasteiger partial charge in [0.2, 0.25) is 17.6 Å². The number of amides is 1. The van der Waals surface area contributed by atoms with Crippen LogP contribution in [-0.2, 0) is 17.9 Å². The van der Waals surface area contributed by atoms with Crippen LogP contribution >= 0.6 is 23.2 Å². The van der Waals surface area contributed by atoms with Crippen LogP contribution in [0, 0.1) is 5.92 Å². The van der Waals surface area contributed by atoms with Crippen LogP contribution in [0.5, 0.6) is 0 Å². The lowest BCUT2D eigenvalue weighted by Gasteiger charge is -2.30. The van der Waals surface area contributed by atoms with Crippen LogP contribution in [0.1, 0.15) is 24.3 Å². The fourth-order valence-electron chi connectivity index (χ4n) is 3.52. The van der Waals surface area contributed by atoms with Gasteiger partial charge in [-0.15, -0.1) is 0 Å². The van der Waals surface area contributed by atoms with E-state index in [1.807, 2.05) is 36.4 Å². The topological polar surface area (TPSA) is 71.3 Å². The highest BCUT2D eigenvalue weighted by Gasteiger charge is 2.25. The van der Waals surface area contributed by atoms with Crippen LogP contribution in [0.2, 0.25) is 10.0 Å². The summed E-state index contributed by atoms with van der Waals surface area (Å²) in [6, 6.07) is 14.8. The number of aromatic nitrogens is 2. The Hall–Kier alpha value is -2.41. The molecule has 6 nitrogen and oxygen atoms in total. The van der Waals surface area contributed by atoms with Crippen LogP contribution in [0.25, 0.3) is 11.4 Å². The molecular formula is C22H22Cl2N4O2. The van der Waals surface area contributed by atoms with Gasteiger partial charge in [-0.2, -0.15) is 4.98 Å². The number of halogens is 2. The molecule has 1 aliphatic rings. The van der Waals surface area contributed by atoms with Crippen LogP contribution in [0.4, 0.5) is 0 Å². The van der Waals surface area contributed by atoms with Crippen molar-refractivity contribution in [2.24, 2.45) is 5.92 Å². The normalized spacial score (nSPS) is 15.3. The molecule has 0 unspecified atom stereocenters. The van der Waals surface area contributed by atoms with E-state index < -0.39 is 0 Å². The summed E-state index contributed by atoms with van der Waals surface area (Å²) in [6.07, 6.45) is 1.62. The zero-order valence-corrected chi connectivity index (χ0v) is 17.9. The molecule has 8 heteroatoms. The summed E-state index contributed by atoms with van der Waals surface area (Å²) in [5.41, 5.74) is 1.91. The molecule has 1 aliphatic heterocycles. The molecule has 0 bridgehead atoms. The molecule has 3 aromatic rings. The van der Waals surface area contributed by atoms with Gasteiger partial charge in [-0.3, -0.25) is 9.69 Å². The first kappa shape index (κ1) is 20.8. The van der Waals surface area contributed by atoms with Crippen molar-refractivity contribution in [1.82, 2.24) is 20.4 Å². The average molecular weight is 445 g/mol. The summed E-state index contributed by atoms with van der Waals surface area (Å²) in [5.74, 6) is 1.26. The lowest BCUT2D eigenvalue weighted by Crippen LogP contribution is -2.40. The summed E-state index contributed by atoms with van der Waals surface area (Å²) < 4.78 is 5.40. The molecule has 30 heavy (non-hydrogen) atoms. The Morgan fingerprint density at radius 3 is 2.33 bits per heavy atom. The number of carbonyl (C=O) groups is 1. The van der Waals surface area contributed by atoms with Crippen molar-refractivity contribution >= 4 is 29.1 Å². The Balaban J connectivity index is 1.24. The summed E-state index contributed by atoms with van der Waals surface area (Å²) >= 11 is 11.8. The summed E-state index contributed by atoms with van der Waals surface area (Å²) in [5, 5.41) is 8.44. The third-order valence-corrected chi connectivity index (χ3v) is 5.77. The summed E-state index contributed by atoms with van der Waals surface area (Å²) in [7, 11) is 0. The lowest BCUT2D eigenvalue weighted by atomic mass is 9.96. The van der Waals surface area contributed by atoms with Crippen LogP contribution in [0.15, 0.2) is 53.1 Å². The minimum Gasteiger partial charge on any atom is -0.352 e. The monoisotopic (exact) mass is 444 g/mol. The van der Waals surface area contributed by atoms with Gasteiger partial charge < -0.3 is 9.84 Å². The third-order valence-electron chi connectivity index (χ3n) is 5.27. The van der Waals surface area contributed by atoms with Crippen molar-refractivity contribution < 1.29 is 9.32 Å². The first-order valence-corrected chi connectivity index (χ1v) is 10.7. The van der Waals surface area contributed by atoms with Crippen molar-refractivity contribution in [3.8, 4) is 11.4 Å². The smallest absolute Gasteiger partial charge is 0.241 e. The van der Waals surface area contributed by atoms with Gasteiger partial charge in [0.05, 0.1) is 6.54 Å². The third kappa shape index (κ3) is 5.39. The Labute approximate surface area is 185 Å². The van der Waals surface area contributed by atoms with Gasteiger partial charge in [-0.05, 0) is 67.9 Å². The molecule has 1 saturated heterocycles. The van der Waals surface area contributed by atoms with E-state index in [-0.39, 0.29) is 11.8 Å². The Morgan fingerprint density at radius 2 is 1.67 bits per heavy atom. The van der Waals surface area contributed by atoms with Gasteiger partial charge >= 0.3 is 0 Å². The van der Waals surface area contributed by atoms with Crippen LogP contribution in [-0.4, -0.2) is 34.0 Å². The first-order chi connectivity index (χ1) is 14.6. The number of hydrogen-bond acceptors (Lipinski definition) is 5. The molecule has 1 amide bonds. The minimum absolute atomic E-state index is 0.0286. The van der Waals surface area contributed by atoms with Crippen molar-refractivity contribution in [3.63, 3.8) is 0 Å². The Morgan fingerprint density at radius 1 is 1.03 bits per heavy atom. The van der Waals surface area contributed by atoms with E-state index in [0.717, 1.165) is 37.1 Å². The molecule has 2 aromatic carbocycles. The van der Waals surface area contributed by atoms with E-state index in [0.29, 0.717) is 34.8 Å². The molecule has 0 aliphatic carbocycles. The van der Waals surface area contributed by atoms with Gasteiger partial charge in [-0.25, -0.2) is 0 Å². The number of nitrogens with zero attached hydrogens (tertiary/aromatic N) is 3. The second-order valence-electron chi connectivity index (χ2n) is 7.41. The number of carbonyl (C=O) groups excluding carboxylic acids is 1. The number of nitrogens with one attached hydrogen (secondary N) is 1. The summed E-state index contributed by atoms with van der Waals surface area (Å²) in [4.78, 5) is 19.2. The minimum atomic E-state index is 0.0286. The van der Waals surface area contributed by atoms with Gasteiger partial charge in [-0.1, -0.05) is 40.5 Å². The second-order valence-corrected chi connectivity index (χ2v) is 8.29. The van der Waals surface area contributed by atoms with Crippen molar-refractivity contribution in [2.45, 2.75) is 25.9 Å². The first-order valence-electron chi connectivity index (χ1n) is 9.90. The fraction of sp³-hybridized carbons (Fsp3) is 0.318. The predicted octanol–water partition coefficient (Wildman–Crippen LogP) is 4.57. The van der Waals surface area contributed by atoms with Crippen molar-refractivity contribution in [3.05, 3.63) is 70.0 Å². The van der Waals surface area contributed by atoms with E-state index >= 15 is 0 Å². The number of piperidine rings is 1. The highest BCUT2D eigenvalue weighted by molar-refractivity contribution is 6.30. The molecule has 2 heterocycles. The maximum atomic E-state index is 12.5. The zero-order chi connectivity index (χ0) is 20.9. The van der Waals surface area contributed by atoms with Gasteiger partial charge in [0.25, 0.3) is 0 Å². The quantitative estimate of drug-likeness (QED) is 0.602. The van der Waals surface area contributed by atoms with Crippen molar-refractivity contribution in [2.75, 3.05) is 13.1 Å². The number of hydrogen-bond donors (Lipinski definition) is 1. The highest BCUT2D eigenvalue weighted by atomic mass is 35.5. The van der Waals surface area contributed by atoms with E-state index in [1.54, 1.807) is 12.1 Å². The summed E-state index contributed by atoms with van der Waals surface area (Å²) in [6.45, 7) is 2.74. The zero-order valence-electron chi connectivity index (χ0n) is 16.4. The molecule has 1 aromatic heterocycles. The lowest BCUT2D eigenvalue weighted by molar-refractivity contribution is -0.126. The van der Waals surface area contributed by atoms with Crippen LogP contribution in [0.3, 0.4) is 0 Å². The molecule has 4 rings (SSSR count). The van der Waals surface area contributed by atoms with E-state index in [2.05, 4.69) is 20.4 Å². The largest absolute Gasteiger partial charge is 0.352 e. The fourth-order valence-corrected chi connectivity index (χ4v) is 3.77. The van der Waals surface area contributed by atoms with E-state index in [4.69, 9.17) is 27.7 Å². The van der Waals surface area contributed by atoms with E-state index in [9.17, 15) is 4.79 Å². The standard InChI is InChI=1S/C22H22Cl2N4O2/c23-18-5-1-15(2-6-18)13-25-22(29)17-9-11-28(12-10-17)14-20-26-21(27-30-20)16-3-7-19(24)8-4-16/h1-8,17H,9-14H2,(H,25,29). The number of benzene rings is 2. The average Bonchev–Trinajstić information content (AvgIpc) is 3.22. The van der Waals surface area contributed by atoms with Gasteiger partial charge in [0.1, 0.15) is 0 Å². The molecule has 0 radical (unpaired) electrons. The predicted molar refractivity (Wildman–Crippen MR) is 116 cm³/mol. The van der Waals surface area contributed by atoms with Crippen molar-refractivity contribution in [1.29, 1.82) is 0 Å². The van der Waals surface area contributed by atoms with Crippen LogP contribution < -0.4 is 5.32 Å². The second kappa shape index (κ2) is 9.60. The number of rotatable bonds is 6. The Kier molecular flexibility index (Phi) is 6.67.